The molecule has 0 aliphatic heterocycles. The predicted molar refractivity (Wildman–Crippen MR) is 125 cm³/mol. The van der Waals surface area contributed by atoms with Crippen LogP contribution < -0.4 is 14.6 Å². The Morgan fingerprint density at radius 3 is 1.97 bits per heavy atom. The third-order valence-corrected chi connectivity index (χ3v) is 5.57. The van der Waals surface area contributed by atoms with E-state index < -0.39 is 17.6 Å². The number of aromatic carboxylic acids is 1. The molecule has 2 aromatic rings. The summed E-state index contributed by atoms with van der Waals surface area (Å²) in [5, 5.41) is 11.6. The lowest BCUT2D eigenvalue weighted by Gasteiger charge is -2.16. The molecule has 0 atom stereocenters. The number of carboxylic acid groups (broad SMARTS) is 1. The van der Waals surface area contributed by atoms with Gasteiger partial charge < -0.3 is 19.4 Å². The zero-order chi connectivity index (χ0) is 24.1. The van der Waals surface area contributed by atoms with E-state index in [1.807, 2.05) is 0 Å². The third-order valence-electron chi connectivity index (χ3n) is 5.57. The van der Waals surface area contributed by atoms with Crippen molar-refractivity contribution < 1.29 is 28.2 Å². The monoisotopic (exact) mass is 461 g/mol. The molecule has 0 saturated carbocycles. The van der Waals surface area contributed by atoms with Gasteiger partial charge in [0.25, 0.3) is 0 Å². The van der Waals surface area contributed by atoms with Crippen molar-refractivity contribution in [3.63, 3.8) is 0 Å². The van der Waals surface area contributed by atoms with Gasteiger partial charge in [-0.15, -0.1) is 0 Å². The summed E-state index contributed by atoms with van der Waals surface area (Å²) in [6.07, 6.45) is 10.4. The van der Waals surface area contributed by atoms with E-state index in [1.54, 1.807) is 0 Å². The van der Waals surface area contributed by atoms with Crippen molar-refractivity contribution in [3.05, 3.63) is 47.5 Å². The molecule has 0 radical (unpaired) electrons. The predicted octanol–water partition coefficient (Wildman–Crippen LogP) is 6.69. The summed E-state index contributed by atoms with van der Waals surface area (Å²) in [5.41, 5.74) is -0.385. The van der Waals surface area contributed by atoms with Gasteiger partial charge in [0.15, 0.2) is 11.6 Å². The van der Waals surface area contributed by atoms with Crippen molar-refractivity contribution in [2.45, 2.75) is 78.1 Å². The highest BCUT2D eigenvalue weighted by atomic mass is 19.2. The summed E-state index contributed by atoms with van der Waals surface area (Å²) in [7, 11) is 0. The summed E-state index contributed by atoms with van der Waals surface area (Å²) in [5.74, 6) is -3.53. The Balaban J connectivity index is 2.13. The lowest BCUT2D eigenvalue weighted by Crippen LogP contribution is -2.23. The van der Waals surface area contributed by atoms with Gasteiger partial charge in [-0.3, -0.25) is 0 Å². The second-order valence-electron chi connectivity index (χ2n) is 8.26. The van der Waals surface area contributed by atoms with Crippen molar-refractivity contribution in [3.8, 4) is 22.6 Å². The lowest BCUT2D eigenvalue weighted by molar-refractivity contribution is -0.254. The van der Waals surface area contributed by atoms with Crippen LogP contribution in [0.1, 0.15) is 88.4 Å². The molecule has 2 rings (SSSR count). The Morgan fingerprint density at radius 2 is 1.36 bits per heavy atom. The molecule has 0 aliphatic rings. The molecule has 0 aliphatic carbocycles. The van der Waals surface area contributed by atoms with Gasteiger partial charge in [0.05, 0.1) is 19.2 Å². The van der Waals surface area contributed by atoms with Crippen LogP contribution in [0.4, 0.5) is 8.78 Å². The van der Waals surface area contributed by atoms with E-state index in [2.05, 4.69) is 13.8 Å². The number of carbonyl (C=O) groups excluding carboxylic acids is 1. The number of unbranched alkanes of at least 4 members (excludes halogenated alkanes) is 8. The average Bonchev–Trinajstić information content (AvgIpc) is 2.81. The summed E-state index contributed by atoms with van der Waals surface area (Å²) in [4.78, 5) is 11.6. The molecule has 0 fully saturated rings. The number of rotatable bonds is 16. The number of carbonyl (C=O) groups is 1. The minimum Gasteiger partial charge on any atom is -0.545 e. The summed E-state index contributed by atoms with van der Waals surface area (Å²) in [6.45, 7) is 5.03. The van der Waals surface area contributed by atoms with Crippen LogP contribution >= 0.6 is 0 Å². The van der Waals surface area contributed by atoms with Crippen LogP contribution in [0, 0.1) is 11.6 Å². The van der Waals surface area contributed by atoms with E-state index in [0.29, 0.717) is 19.0 Å². The van der Waals surface area contributed by atoms with Gasteiger partial charge in [0.1, 0.15) is 5.75 Å². The molecule has 0 unspecified atom stereocenters. The number of benzene rings is 2. The number of halogens is 2. The van der Waals surface area contributed by atoms with E-state index in [0.717, 1.165) is 57.8 Å². The zero-order valence-corrected chi connectivity index (χ0v) is 19.8. The fraction of sp³-hybridized carbons (Fsp3) is 0.519. The molecule has 0 amide bonds. The molecule has 0 heterocycles. The van der Waals surface area contributed by atoms with Gasteiger partial charge >= 0.3 is 0 Å². The molecule has 4 nitrogen and oxygen atoms in total. The maximum Gasteiger partial charge on any atom is 0.201 e. The van der Waals surface area contributed by atoms with Crippen LogP contribution in [0.3, 0.4) is 0 Å². The Kier molecular flexibility index (Phi) is 11.7. The maximum absolute atomic E-state index is 14.9. The lowest BCUT2D eigenvalue weighted by atomic mass is 9.98. The molecule has 0 aromatic heterocycles. The minimum atomic E-state index is -1.47. The molecule has 0 spiro atoms. The van der Waals surface area contributed by atoms with Crippen LogP contribution in [0.25, 0.3) is 11.1 Å². The van der Waals surface area contributed by atoms with E-state index in [4.69, 9.17) is 9.47 Å². The molecular weight excluding hydrogens is 426 g/mol. The Labute approximate surface area is 195 Å². The average molecular weight is 462 g/mol. The third kappa shape index (κ3) is 8.34. The topological polar surface area (TPSA) is 58.6 Å². The van der Waals surface area contributed by atoms with Gasteiger partial charge in [0, 0.05) is 11.1 Å². The molecule has 6 heteroatoms. The van der Waals surface area contributed by atoms with Crippen LogP contribution in [-0.2, 0) is 0 Å². The highest BCUT2D eigenvalue weighted by Crippen LogP contribution is 2.34. The highest BCUT2D eigenvalue weighted by molar-refractivity contribution is 5.95. The molecule has 0 saturated heterocycles. The van der Waals surface area contributed by atoms with Crippen molar-refractivity contribution in [1.29, 1.82) is 0 Å². The molecule has 182 valence electrons. The number of hydrogen-bond acceptors (Lipinski definition) is 4. The van der Waals surface area contributed by atoms with E-state index in [9.17, 15) is 18.7 Å². The largest absolute Gasteiger partial charge is 0.545 e. The Hall–Kier alpha value is -2.63. The standard InChI is InChI=1S/C27H36F2O4/c1-3-5-7-9-11-17-32-20-13-14-22(27(30)31)23(19-20)21-15-16-24(26(29)25(21)28)33-18-12-10-8-6-4-2/h13-16,19H,3-12,17-18H2,1-2H3,(H,30,31)/p-1. The normalized spacial score (nSPS) is 10.9. The molecule has 2 aromatic carbocycles. The molecule has 0 bridgehead atoms. The van der Waals surface area contributed by atoms with Crippen molar-refractivity contribution in [2.75, 3.05) is 13.2 Å². The zero-order valence-electron chi connectivity index (χ0n) is 19.8. The number of hydrogen-bond donors (Lipinski definition) is 0. The van der Waals surface area contributed by atoms with E-state index in [1.165, 1.54) is 36.8 Å². The first-order chi connectivity index (χ1) is 16.0. The second kappa shape index (κ2) is 14.5. The second-order valence-corrected chi connectivity index (χ2v) is 8.26. The van der Waals surface area contributed by atoms with Crippen molar-refractivity contribution in [1.82, 2.24) is 0 Å². The number of carboxylic acids is 1. The maximum atomic E-state index is 14.9. The quantitative estimate of drug-likeness (QED) is 0.261. The summed E-state index contributed by atoms with van der Waals surface area (Å²) in [6, 6.07) is 6.89. The van der Waals surface area contributed by atoms with Gasteiger partial charge in [-0.25, -0.2) is 4.39 Å². The van der Waals surface area contributed by atoms with Gasteiger partial charge in [-0.2, -0.15) is 4.39 Å². The molecule has 0 N–H and O–H groups in total. The molecular formula is C27H35F2O4-. The first-order valence-electron chi connectivity index (χ1n) is 12.1. The summed E-state index contributed by atoms with van der Waals surface area (Å²) >= 11 is 0. The van der Waals surface area contributed by atoms with Gasteiger partial charge in [-0.05, 0) is 48.7 Å². The van der Waals surface area contributed by atoms with E-state index >= 15 is 0 Å². The first kappa shape index (κ1) is 26.6. The minimum absolute atomic E-state index is 0.0148. The van der Waals surface area contributed by atoms with Gasteiger partial charge in [-0.1, -0.05) is 65.2 Å². The van der Waals surface area contributed by atoms with Crippen LogP contribution in [-0.4, -0.2) is 19.2 Å². The van der Waals surface area contributed by atoms with Crippen molar-refractivity contribution >= 4 is 5.97 Å². The Morgan fingerprint density at radius 1 is 0.758 bits per heavy atom. The first-order valence-corrected chi connectivity index (χ1v) is 12.1. The van der Waals surface area contributed by atoms with Gasteiger partial charge in [0.2, 0.25) is 5.82 Å². The van der Waals surface area contributed by atoms with E-state index in [-0.39, 0.29) is 22.4 Å². The number of ether oxygens (including phenoxy) is 2. The fourth-order valence-electron chi connectivity index (χ4n) is 3.65. The smallest absolute Gasteiger partial charge is 0.201 e. The fourth-order valence-corrected chi connectivity index (χ4v) is 3.65. The van der Waals surface area contributed by atoms with Crippen LogP contribution in [0.5, 0.6) is 11.5 Å². The van der Waals surface area contributed by atoms with Crippen LogP contribution in [0.2, 0.25) is 0 Å². The highest BCUT2D eigenvalue weighted by Gasteiger charge is 2.19. The summed E-state index contributed by atoms with van der Waals surface area (Å²) < 4.78 is 40.7. The van der Waals surface area contributed by atoms with Crippen LogP contribution in [0.15, 0.2) is 30.3 Å². The Bertz CT molecular complexity index is 883. The van der Waals surface area contributed by atoms with Crippen molar-refractivity contribution in [2.24, 2.45) is 0 Å². The SMILES string of the molecule is CCCCCCCOc1ccc(C(=O)[O-])c(-c2ccc(OCCCCCCC)c(F)c2F)c1. The molecule has 33 heavy (non-hydrogen) atoms.